The van der Waals surface area contributed by atoms with Crippen molar-refractivity contribution in [2.24, 2.45) is 0 Å². The van der Waals surface area contributed by atoms with E-state index in [-0.39, 0.29) is 18.0 Å². The van der Waals surface area contributed by atoms with Crippen LogP contribution in [0.3, 0.4) is 0 Å². The molecule has 0 amide bonds. The smallest absolute Gasteiger partial charge is 0.194 e. The monoisotopic (exact) mass is 274 g/mol. The molecular weight excluding hydrogens is 260 g/mol. The van der Waals surface area contributed by atoms with E-state index in [1.54, 1.807) is 0 Å². The molecule has 0 spiro atoms. The number of Topliss-reactive ketones (excluding diaryl/α,β-unsaturated/α-hetero) is 1. The van der Waals surface area contributed by atoms with E-state index in [2.05, 4.69) is 0 Å². The number of hydrogen-bond donors (Lipinski definition) is 0. The summed E-state index contributed by atoms with van der Waals surface area (Å²) in [5, 5.41) is 2.23. The van der Waals surface area contributed by atoms with Crippen molar-refractivity contribution in [3.63, 3.8) is 0 Å². The summed E-state index contributed by atoms with van der Waals surface area (Å²) in [6.07, 6.45) is -0.432. The fourth-order valence-electron chi connectivity index (χ4n) is 2.71. The second-order valence-electron chi connectivity index (χ2n) is 5.31. The Hall–Kier alpha value is -2.45. The summed E-state index contributed by atoms with van der Waals surface area (Å²) in [7, 11) is 0. The fraction of sp³-hybridized carbons (Fsp3) is 0.105. The van der Waals surface area contributed by atoms with Gasteiger partial charge in [0.25, 0.3) is 0 Å². The van der Waals surface area contributed by atoms with Crippen LogP contribution >= 0.6 is 0 Å². The van der Waals surface area contributed by atoms with Gasteiger partial charge < -0.3 is 4.74 Å². The normalized spacial score (nSPS) is 20.4. The predicted molar refractivity (Wildman–Crippen MR) is 82.3 cm³/mol. The predicted octanol–water partition coefficient (Wildman–Crippen LogP) is 4.16. The third-order valence-electron chi connectivity index (χ3n) is 3.91. The van der Waals surface area contributed by atoms with E-state index in [0.717, 1.165) is 21.9 Å². The number of carbonyl (C=O) groups excluding carboxylic acids is 1. The van der Waals surface area contributed by atoms with Crippen molar-refractivity contribution < 1.29 is 9.53 Å². The zero-order valence-corrected chi connectivity index (χ0v) is 11.4. The molecule has 1 aliphatic heterocycles. The summed E-state index contributed by atoms with van der Waals surface area (Å²) in [6, 6.07) is 23.8. The van der Waals surface area contributed by atoms with Crippen LogP contribution in [-0.4, -0.2) is 11.9 Å². The van der Waals surface area contributed by atoms with E-state index >= 15 is 0 Å². The SMILES string of the molecule is O=C(c1ccc2ccccc2c1)[C@H]1O[C@@H]1c1ccccc1. The van der Waals surface area contributed by atoms with Gasteiger partial charge in [0.2, 0.25) is 0 Å². The van der Waals surface area contributed by atoms with Crippen molar-refractivity contribution in [3.8, 4) is 0 Å². The summed E-state index contributed by atoms with van der Waals surface area (Å²) in [5.74, 6) is 0.0645. The minimum Gasteiger partial charge on any atom is -0.356 e. The Balaban J connectivity index is 1.60. The maximum atomic E-state index is 12.5. The Morgan fingerprint density at radius 3 is 2.33 bits per heavy atom. The molecule has 0 bridgehead atoms. The summed E-state index contributed by atoms with van der Waals surface area (Å²) in [5.41, 5.74) is 1.79. The molecule has 102 valence electrons. The molecule has 2 atom stereocenters. The molecule has 0 unspecified atom stereocenters. The van der Waals surface area contributed by atoms with E-state index in [1.165, 1.54) is 0 Å². The van der Waals surface area contributed by atoms with E-state index in [4.69, 9.17) is 4.74 Å². The highest BCUT2D eigenvalue weighted by Crippen LogP contribution is 2.40. The Labute approximate surface area is 123 Å². The van der Waals surface area contributed by atoms with Crippen LogP contribution in [0.5, 0.6) is 0 Å². The molecule has 2 nitrogen and oxygen atoms in total. The highest BCUT2D eigenvalue weighted by atomic mass is 16.6. The van der Waals surface area contributed by atoms with Gasteiger partial charge >= 0.3 is 0 Å². The number of ether oxygens (including phenoxy) is 1. The first kappa shape index (κ1) is 12.3. The molecule has 0 radical (unpaired) electrons. The number of rotatable bonds is 3. The average Bonchev–Trinajstić information content (AvgIpc) is 3.35. The molecule has 0 N–H and O–H groups in total. The lowest BCUT2D eigenvalue weighted by Crippen LogP contribution is -2.08. The van der Waals surface area contributed by atoms with Crippen LogP contribution in [0, 0.1) is 0 Å². The molecule has 0 aromatic heterocycles. The van der Waals surface area contributed by atoms with Gasteiger partial charge in [-0.2, -0.15) is 0 Å². The van der Waals surface area contributed by atoms with E-state index in [1.807, 2.05) is 72.8 Å². The fourth-order valence-corrected chi connectivity index (χ4v) is 2.71. The number of carbonyl (C=O) groups is 1. The maximum absolute atomic E-state index is 12.5. The van der Waals surface area contributed by atoms with Crippen LogP contribution in [0.4, 0.5) is 0 Å². The Bertz CT molecular complexity index is 808. The van der Waals surface area contributed by atoms with Crippen molar-refractivity contribution in [2.45, 2.75) is 12.2 Å². The minimum atomic E-state index is -0.339. The highest BCUT2D eigenvalue weighted by Gasteiger charge is 2.46. The van der Waals surface area contributed by atoms with Crippen molar-refractivity contribution in [3.05, 3.63) is 83.9 Å². The molecule has 0 aliphatic carbocycles. The zero-order chi connectivity index (χ0) is 14.2. The van der Waals surface area contributed by atoms with Gasteiger partial charge in [-0.3, -0.25) is 4.79 Å². The lowest BCUT2D eigenvalue weighted by molar-refractivity contribution is 0.0954. The van der Waals surface area contributed by atoms with Crippen molar-refractivity contribution in [2.75, 3.05) is 0 Å². The third-order valence-corrected chi connectivity index (χ3v) is 3.91. The lowest BCUT2D eigenvalue weighted by atomic mass is 10.00. The number of benzene rings is 3. The number of hydrogen-bond acceptors (Lipinski definition) is 2. The van der Waals surface area contributed by atoms with Gasteiger partial charge in [-0.05, 0) is 22.4 Å². The molecule has 0 saturated carbocycles. The van der Waals surface area contributed by atoms with Gasteiger partial charge in [-0.1, -0.05) is 66.7 Å². The van der Waals surface area contributed by atoms with E-state index in [0.29, 0.717) is 0 Å². The summed E-state index contributed by atoms with van der Waals surface area (Å²) in [4.78, 5) is 12.5. The van der Waals surface area contributed by atoms with E-state index < -0.39 is 0 Å². The highest BCUT2D eigenvalue weighted by molar-refractivity contribution is 6.04. The molecule has 3 aromatic carbocycles. The topological polar surface area (TPSA) is 29.6 Å². The zero-order valence-electron chi connectivity index (χ0n) is 11.4. The first-order valence-corrected chi connectivity index (χ1v) is 7.06. The van der Waals surface area contributed by atoms with Crippen molar-refractivity contribution >= 4 is 16.6 Å². The standard InChI is InChI=1S/C19H14O2/c20-17(19-18(21-19)14-7-2-1-3-8-14)16-11-10-13-6-4-5-9-15(13)12-16/h1-12,18-19H/t18-,19-/m1/s1. The second kappa shape index (κ2) is 4.83. The lowest BCUT2D eigenvalue weighted by Gasteiger charge is -2.01. The minimum absolute atomic E-state index is 0.0645. The van der Waals surface area contributed by atoms with E-state index in [9.17, 15) is 4.79 Å². The maximum Gasteiger partial charge on any atom is 0.194 e. The molecule has 1 aliphatic rings. The molecule has 4 rings (SSSR count). The van der Waals surface area contributed by atoms with Gasteiger partial charge in [0.05, 0.1) is 0 Å². The molecule has 3 aromatic rings. The van der Waals surface area contributed by atoms with Gasteiger partial charge in [0.15, 0.2) is 11.9 Å². The Morgan fingerprint density at radius 1 is 0.810 bits per heavy atom. The molecular formula is C19H14O2. The average molecular weight is 274 g/mol. The quantitative estimate of drug-likeness (QED) is 0.530. The van der Waals surface area contributed by atoms with Gasteiger partial charge in [-0.25, -0.2) is 0 Å². The summed E-state index contributed by atoms with van der Waals surface area (Å²) >= 11 is 0. The van der Waals surface area contributed by atoms with Crippen LogP contribution in [0.15, 0.2) is 72.8 Å². The molecule has 21 heavy (non-hydrogen) atoms. The van der Waals surface area contributed by atoms with Crippen LogP contribution in [0.1, 0.15) is 22.0 Å². The Kier molecular flexibility index (Phi) is 2.83. The van der Waals surface area contributed by atoms with Gasteiger partial charge in [0, 0.05) is 5.56 Å². The largest absolute Gasteiger partial charge is 0.356 e. The van der Waals surface area contributed by atoms with Crippen LogP contribution in [0.2, 0.25) is 0 Å². The molecule has 2 heteroatoms. The van der Waals surface area contributed by atoms with Crippen molar-refractivity contribution in [1.29, 1.82) is 0 Å². The second-order valence-corrected chi connectivity index (χ2v) is 5.31. The Morgan fingerprint density at radius 2 is 1.52 bits per heavy atom. The summed E-state index contributed by atoms with van der Waals surface area (Å²) in [6.45, 7) is 0. The van der Waals surface area contributed by atoms with Gasteiger partial charge in [-0.15, -0.1) is 0 Å². The number of fused-ring (bicyclic) bond motifs is 1. The number of epoxide rings is 1. The van der Waals surface area contributed by atoms with Crippen molar-refractivity contribution in [1.82, 2.24) is 0 Å². The molecule has 1 heterocycles. The molecule has 1 saturated heterocycles. The summed E-state index contributed by atoms with van der Waals surface area (Å²) < 4.78 is 5.58. The third kappa shape index (κ3) is 2.24. The molecule has 1 fully saturated rings. The van der Waals surface area contributed by atoms with Crippen LogP contribution in [0.25, 0.3) is 10.8 Å². The first-order valence-electron chi connectivity index (χ1n) is 7.06. The van der Waals surface area contributed by atoms with Crippen LogP contribution < -0.4 is 0 Å². The van der Waals surface area contributed by atoms with Gasteiger partial charge in [0.1, 0.15) is 6.10 Å². The van der Waals surface area contributed by atoms with Crippen LogP contribution in [-0.2, 0) is 4.74 Å². The number of ketones is 1. The first-order chi connectivity index (χ1) is 10.3.